The van der Waals surface area contributed by atoms with Crippen molar-refractivity contribution in [3.63, 3.8) is 0 Å². The molecule has 0 spiro atoms. The second-order valence-electron chi connectivity index (χ2n) is 4.98. The molecule has 1 rings (SSSR count). The predicted molar refractivity (Wildman–Crippen MR) is 74.4 cm³/mol. The molecule has 0 radical (unpaired) electrons. The Bertz CT molecular complexity index is 388. The number of rotatable bonds is 5. The zero-order chi connectivity index (χ0) is 15.3. The molecule has 7 nitrogen and oxygen atoms in total. The van der Waals surface area contributed by atoms with Crippen LogP contribution in [0.15, 0.2) is 0 Å². The van der Waals surface area contributed by atoms with Crippen LogP contribution in [0.25, 0.3) is 0 Å². The highest BCUT2D eigenvalue weighted by molar-refractivity contribution is 7.99. The van der Waals surface area contributed by atoms with Gasteiger partial charge in [0.05, 0.1) is 13.0 Å². The molecule has 1 aliphatic rings. The summed E-state index contributed by atoms with van der Waals surface area (Å²) in [5.41, 5.74) is 0. The number of carboxylic acid groups (broad SMARTS) is 1. The highest BCUT2D eigenvalue weighted by atomic mass is 32.2. The highest BCUT2D eigenvalue weighted by Gasteiger charge is 2.36. The Balaban J connectivity index is 2.70. The minimum absolute atomic E-state index is 0.197. The molecule has 0 bridgehead atoms. The van der Waals surface area contributed by atoms with Crippen LogP contribution in [-0.4, -0.2) is 58.8 Å². The number of ether oxygens (including phenoxy) is 1. The molecule has 0 aromatic heterocycles. The van der Waals surface area contributed by atoms with Crippen molar-refractivity contribution in [3.05, 3.63) is 0 Å². The fraction of sp³-hybridized carbons (Fsp3) is 0.750. The molecule has 1 heterocycles. The molecule has 2 amide bonds. The molecule has 0 aliphatic carbocycles. The van der Waals surface area contributed by atoms with Gasteiger partial charge in [0.25, 0.3) is 0 Å². The van der Waals surface area contributed by atoms with Gasteiger partial charge in [-0.3, -0.25) is 0 Å². The van der Waals surface area contributed by atoms with Gasteiger partial charge in [0, 0.05) is 5.75 Å². The number of thioether (sulfide) groups is 1. The number of methoxy groups -OCH3 is 1. The van der Waals surface area contributed by atoms with E-state index >= 15 is 0 Å². The number of hydrogen-bond acceptors (Lipinski definition) is 5. The van der Waals surface area contributed by atoms with Gasteiger partial charge in [0.15, 0.2) is 0 Å². The Hall–Kier alpha value is -1.44. The van der Waals surface area contributed by atoms with E-state index in [0.29, 0.717) is 18.1 Å². The third kappa shape index (κ3) is 4.29. The van der Waals surface area contributed by atoms with Crippen molar-refractivity contribution < 1.29 is 24.2 Å². The standard InChI is InChI=1S/C12H20N2O5S/c1-7(2)4-8(11(17)19-3)13-12(18)14-6-20-5-9(14)10(15)16/h7-9H,4-6H2,1-3H3,(H,13,18)(H,15,16). The van der Waals surface area contributed by atoms with Crippen LogP contribution in [0.5, 0.6) is 0 Å². The van der Waals surface area contributed by atoms with Crippen molar-refractivity contribution >= 4 is 29.7 Å². The van der Waals surface area contributed by atoms with E-state index in [4.69, 9.17) is 5.11 Å². The van der Waals surface area contributed by atoms with E-state index in [9.17, 15) is 14.4 Å². The average molecular weight is 304 g/mol. The quantitative estimate of drug-likeness (QED) is 0.727. The van der Waals surface area contributed by atoms with E-state index < -0.39 is 30.1 Å². The first kappa shape index (κ1) is 16.6. The number of nitrogens with one attached hydrogen (secondary N) is 1. The fourth-order valence-electron chi connectivity index (χ4n) is 1.91. The van der Waals surface area contributed by atoms with Gasteiger partial charge in [-0.1, -0.05) is 13.8 Å². The lowest BCUT2D eigenvalue weighted by Crippen LogP contribution is -2.52. The van der Waals surface area contributed by atoms with E-state index in [0.717, 1.165) is 0 Å². The van der Waals surface area contributed by atoms with Gasteiger partial charge in [-0.25, -0.2) is 14.4 Å². The molecule has 8 heteroatoms. The SMILES string of the molecule is COC(=O)C(CC(C)C)NC(=O)N1CSCC1C(=O)O. The van der Waals surface area contributed by atoms with Crippen molar-refractivity contribution in [2.75, 3.05) is 18.7 Å². The largest absolute Gasteiger partial charge is 0.480 e. The van der Waals surface area contributed by atoms with Crippen LogP contribution in [-0.2, 0) is 14.3 Å². The maximum absolute atomic E-state index is 12.1. The van der Waals surface area contributed by atoms with Crippen LogP contribution in [0.3, 0.4) is 0 Å². The lowest BCUT2D eigenvalue weighted by atomic mass is 10.0. The summed E-state index contributed by atoms with van der Waals surface area (Å²) in [6.45, 7) is 3.85. The molecule has 0 saturated carbocycles. The minimum atomic E-state index is -1.04. The van der Waals surface area contributed by atoms with E-state index in [1.165, 1.54) is 23.8 Å². The molecular formula is C12H20N2O5S. The third-order valence-corrected chi connectivity index (χ3v) is 3.93. The van der Waals surface area contributed by atoms with Crippen molar-refractivity contribution in [2.45, 2.75) is 32.4 Å². The monoisotopic (exact) mass is 304 g/mol. The number of nitrogens with zero attached hydrogens (tertiary/aromatic N) is 1. The lowest BCUT2D eigenvalue weighted by Gasteiger charge is -2.25. The summed E-state index contributed by atoms with van der Waals surface area (Å²) in [5, 5.41) is 11.6. The Labute approximate surface area is 122 Å². The summed E-state index contributed by atoms with van der Waals surface area (Å²) >= 11 is 1.37. The van der Waals surface area contributed by atoms with E-state index in [2.05, 4.69) is 10.1 Å². The molecule has 2 N–H and O–H groups in total. The summed E-state index contributed by atoms with van der Waals surface area (Å²) in [6.07, 6.45) is 0.442. The number of carbonyl (C=O) groups is 3. The minimum Gasteiger partial charge on any atom is -0.480 e. The highest BCUT2D eigenvalue weighted by Crippen LogP contribution is 2.21. The molecule has 20 heavy (non-hydrogen) atoms. The van der Waals surface area contributed by atoms with Gasteiger partial charge in [0.2, 0.25) is 0 Å². The van der Waals surface area contributed by atoms with E-state index in [1.807, 2.05) is 13.8 Å². The smallest absolute Gasteiger partial charge is 0.328 e. The van der Waals surface area contributed by atoms with Crippen LogP contribution in [0.1, 0.15) is 20.3 Å². The van der Waals surface area contributed by atoms with Gasteiger partial charge >= 0.3 is 18.0 Å². The molecular weight excluding hydrogens is 284 g/mol. The first-order valence-corrected chi connectivity index (χ1v) is 7.47. The number of carboxylic acids is 1. The normalized spacial score (nSPS) is 19.8. The second-order valence-corrected chi connectivity index (χ2v) is 5.98. The lowest BCUT2D eigenvalue weighted by molar-refractivity contribution is -0.143. The molecule has 1 aliphatic heterocycles. The number of esters is 1. The van der Waals surface area contributed by atoms with Crippen molar-refractivity contribution in [3.8, 4) is 0 Å². The fourth-order valence-corrected chi connectivity index (χ4v) is 3.05. The summed E-state index contributed by atoms with van der Waals surface area (Å²) < 4.78 is 4.66. The molecule has 0 aromatic rings. The van der Waals surface area contributed by atoms with Crippen molar-refractivity contribution in [1.29, 1.82) is 0 Å². The second kappa shape index (κ2) is 7.37. The van der Waals surface area contributed by atoms with E-state index in [1.54, 1.807) is 0 Å². The van der Waals surface area contributed by atoms with Crippen molar-refractivity contribution in [1.82, 2.24) is 10.2 Å². The summed E-state index contributed by atoms with van der Waals surface area (Å²) in [4.78, 5) is 36.0. The van der Waals surface area contributed by atoms with Gasteiger partial charge in [-0.2, -0.15) is 0 Å². The molecule has 114 valence electrons. The number of amides is 2. The Morgan fingerprint density at radius 1 is 1.45 bits per heavy atom. The summed E-state index contributed by atoms with van der Waals surface area (Å²) in [5.74, 6) is -0.703. The first-order valence-electron chi connectivity index (χ1n) is 6.32. The molecule has 1 saturated heterocycles. The number of carbonyl (C=O) groups excluding carboxylic acids is 2. The first-order chi connectivity index (χ1) is 9.36. The van der Waals surface area contributed by atoms with Gasteiger partial charge < -0.3 is 20.1 Å². The summed E-state index contributed by atoms with van der Waals surface area (Å²) in [6, 6.07) is -2.15. The van der Waals surface area contributed by atoms with Gasteiger partial charge in [-0.05, 0) is 12.3 Å². The number of aliphatic carboxylic acids is 1. The van der Waals surface area contributed by atoms with Crippen LogP contribution in [0, 0.1) is 5.92 Å². The summed E-state index contributed by atoms with van der Waals surface area (Å²) in [7, 11) is 1.26. The maximum atomic E-state index is 12.1. The molecule has 2 unspecified atom stereocenters. The maximum Gasteiger partial charge on any atom is 0.328 e. The van der Waals surface area contributed by atoms with E-state index in [-0.39, 0.29) is 5.92 Å². The van der Waals surface area contributed by atoms with Crippen LogP contribution in [0.4, 0.5) is 4.79 Å². The Morgan fingerprint density at radius 3 is 2.60 bits per heavy atom. The molecule has 2 atom stereocenters. The Kier molecular flexibility index (Phi) is 6.12. The van der Waals surface area contributed by atoms with Crippen LogP contribution < -0.4 is 5.32 Å². The van der Waals surface area contributed by atoms with Crippen molar-refractivity contribution in [2.24, 2.45) is 5.92 Å². The third-order valence-electron chi connectivity index (χ3n) is 2.92. The molecule has 1 fully saturated rings. The van der Waals surface area contributed by atoms with Crippen LogP contribution in [0.2, 0.25) is 0 Å². The number of urea groups is 1. The zero-order valence-corrected chi connectivity index (χ0v) is 12.6. The zero-order valence-electron chi connectivity index (χ0n) is 11.8. The number of hydrogen-bond donors (Lipinski definition) is 2. The molecule has 0 aromatic carbocycles. The van der Waals surface area contributed by atoms with Crippen LogP contribution >= 0.6 is 11.8 Å². The van der Waals surface area contributed by atoms with Gasteiger partial charge in [-0.15, -0.1) is 11.8 Å². The topological polar surface area (TPSA) is 95.9 Å². The average Bonchev–Trinajstić information content (AvgIpc) is 2.85. The Morgan fingerprint density at radius 2 is 2.10 bits per heavy atom. The predicted octanol–water partition coefficient (Wildman–Crippen LogP) is 0.743. The van der Waals surface area contributed by atoms with Gasteiger partial charge in [0.1, 0.15) is 12.1 Å².